The molecule has 2 nitrogen and oxygen atoms in total. The minimum Gasteiger partial charge on any atom is -0.310 e. The second kappa shape index (κ2) is 14.5. The van der Waals surface area contributed by atoms with E-state index in [9.17, 15) is 0 Å². The van der Waals surface area contributed by atoms with Crippen LogP contribution in [0.15, 0.2) is 218 Å². The maximum atomic E-state index is 2.47. The molecule has 0 fully saturated rings. The number of nitrogens with zero attached hydrogens (tertiary/aromatic N) is 2. The molecule has 0 bridgehead atoms. The van der Waals surface area contributed by atoms with Gasteiger partial charge in [-0.15, -0.1) is 0 Å². The number of aromatic nitrogens is 1. The minimum atomic E-state index is 0.426. The largest absolute Gasteiger partial charge is 0.310 e. The van der Waals surface area contributed by atoms with Gasteiger partial charge in [-0.3, -0.25) is 0 Å². The van der Waals surface area contributed by atoms with Crippen LogP contribution in [0.3, 0.4) is 0 Å². The van der Waals surface area contributed by atoms with Gasteiger partial charge in [0, 0.05) is 33.4 Å². The molecule has 0 radical (unpaired) electrons. The van der Waals surface area contributed by atoms with Gasteiger partial charge >= 0.3 is 0 Å². The summed E-state index contributed by atoms with van der Waals surface area (Å²) in [6.45, 7) is 2.32. The molecule has 59 heavy (non-hydrogen) atoms. The average Bonchev–Trinajstić information content (AvgIpc) is 3.64. The molecule has 0 aliphatic heterocycles. The second-order valence-electron chi connectivity index (χ2n) is 15.8. The summed E-state index contributed by atoms with van der Waals surface area (Å²) in [6.07, 6.45) is 5.93. The van der Waals surface area contributed by atoms with Gasteiger partial charge in [-0.05, 0) is 110 Å². The number of benzene rings is 9. The lowest BCUT2D eigenvalue weighted by Crippen LogP contribution is -2.13. The molecule has 280 valence electrons. The van der Waals surface area contributed by atoms with Crippen LogP contribution < -0.4 is 4.90 Å². The normalized spacial score (nSPS) is 14.2. The highest BCUT2D eigenvalue weighted by Gasteiger charge is 2.24. The Hall–Kier alpha value is -7.42. The zero-order chi connectivity index (χ0) is 39.3. The monoisotopic (exact) mass is 754 g/mol. The number of hydrogen-bond donors (Lipinski definition) is 0. The van der Waals surface area contributed by atoms with Crippen molar-refractivity contribution < 1.29 is 0 Å². The molecule has 9 aromatic carbocycles. The van der Waals surface area contributed by atoms with Gasteiger partial charge in [0.15, 0.2) is 0 Å². The summed E-state index contributed by atoms with van der Waals surface area (Å²) < 4.78 is 2.41. The van der Waals surface area contributed by atoms with Gasteiger partial charge in [-0.2, -0.15) is 0 Å². The molecule has 0 spiro atoms. The molecule has 1 aliphatic rings. The Kier molecular flexibility index (Phi) is 8.56. The van der Waals surface area contributed by atoms with Crippen molar-refractivity contribution in [3.8, 4) is 16.8 Å². The summed E-state index contributed by atoms with van der Waals surface area (Å²) in [6, 6.07) is 75.4. The van der Waals surface area contributed by atoms with Crippen LogP contribution in [0.1, 0.15) is 24.5 Å². The summed E-state index contributed by atoms with van der Waals surface area (Å²) in [5.41, 5.74) is 14.3. The van der Waals surface area contributed by atoms with Gasteiger partial charge in [0.05, 0.1) is 16.7 Å². The second-order valence-corrected chi connectivity index (χ2v) is 15.8. The smallest absolute Gasteiger partial charge is 0.0541 e. The number of anilines is 3. The molecule has 1 atom stereocenters. The number of fused-ring (bicyclic) bond motifs is 6. The van der Waals surface area contributed by atoms with E-state index in [2.05, 4.69) is 235 Å². The van der Waals surface area contributed by atoms with Gasteiger partial charge in [0.25, 0.3) is 0 Å². The van der Waals surface area contributed by atoms with Gasteiger partial charge in [-0.1, -0.05) is 177 Å². The molecule has 0 N–H and O–H groups in total. The van der Waals surface area contributed by atoms with E-state index in [0.717, 1.165) is 29.2 Å². The van der Waals surface area contributed by atoms with Gasteiger partial charge in [0.1, 0.15) is 0 Å². The van der Waals surface area contributed by atoms with Crippen molar-refractivity contribution in [1.82, 2.24) is 4.57 Å². The third-order valence-corrected chi connectivity index (χ3v) is 12.1. The molecule has 1 heterocycles. The van der Waals surface area contributed by atoms with E-state index in [-0.39, 0.29) is 0 Å². The molecule has 0 amide bonds. The van der Waals surface area contributed by atoms with Gasteiger partial charge in [-0.25, -0.2) is 0 Å². The van der Waals surface area contributed by atoms with Crippen LogP contribution in [0.25, 0.3) is 71.3 Å². The summed E-state index contributed by atoms with van der Waals surface area (Å²) in [4.78, 5) is 2.45. The van der Waals surface area contributed by atoms with Crippen molar-refractivity contribution >= 4 is 71.6 Å². The van der Waals surface area contributed by atoms with E-state index in [1.807, 2.05) is 0 Å². The third kappa shape index (κ3) is 6.04. The Labute approximate surface area is 345 Å². The maximum absolute atomic E-state index is 2.47. The predicted octanol–water partition coefficient (Wildman–Crippen LogP) is 15.7. The highest BCUT2D eigenvalue weighted by Crippen LogP contribution is 2.46. The molecular weight excluding hydrogens is 713 g/mol. The summed E-state index contributed by atoms with van der Waals surface area (Å²) in [5, 5.41) is 7.60. The summed E-state index contributed by atoms with van der Waals surface area (Å²) in [7, 11) is 0. The van der Waals surface area contributed by atoms with E-state index in [0.29, 0.717) is 5.92 Å². The molecule has 1 aromatic heterocycles. The van der Waals surface area contributed by atoms with Crippen molar-refractivity contribution in [3.63, 3.8) is 0 Å². The van der Waals surface area contributed by atoms with E-state index < -0.39 is 0 Å². The SMILES string of the molecule is CC1C=C(c2ccccc2N(c2ccc(-c3cccc4c3ccc3ccccc34)cc2)c2cccc(-n3c4ccccc4c4ccccc43)c2)C(c2ccccc2)=CC1. The topological polar surface area (TPSA) is 8.17 Å². The Bertz CT molecular complexity index is 3200. The Morgan fingerprint density at radius 1 is 0.441 bits per heavy atom. The highest BCUT2D eigenvalue weighted by molar-refractivity contribution is 6.13. The number of para-hydroxylation sites is 3. The minimum absolute atomic E-state index is 0.426. The molecule has 1 aliphatic carbocycles. The van der Waals surface area contributed by atoms with Crippen LogP contribution in [0.2, 0.25) is 0 Å². The van der Waals surface area contributed by atoms with Crippen molar-refractivity contribution in [2.24, 2.45) is 5.92 Å². The quantitative estimate of drug-likeness (QED) is 0.147. The van der Waals surface area contributed by atoms with Crippen LogP contribution in [0, 0.1) is 5.92 Å². The van der Waals surface area contributed by atoms with Crippen molar-refractivity contribution in [3.05, 3.63) is 230 Å². The van der Waals surface area contributed by atoms with Crippen molar-refractivity contribution in [2.45, 2.75) is 13.3 Å². The first-order valence-electron chi connectivity index (χ1n) is 20.7. The van der Waals surface area contributed by atoms with Crippen LogP contribution in [-0.2, 0) is 0 Å². The zero-order valence-electron chi connectivity index (χ0n) is 33.0. The Morgan fingerprint density at radius 3 is 1.88 bits per heavy atom. The van der Waals surface area contributed by atoms with Crippen molar-refractivity contribution in [1.29, 1.82) is 0 Å². The molecule has 0 saturated carbocycles. The summed E-state index contributed by atoms with van der Waals surface area (Å²) in [5.74, 6) is 0.426. The lowest BCUT2D eigenvalue weighted by atomic mass is 9.83. The van der Waals surface area contributed by atoms with E-state index in [1.165, 1.54) is 76.8 Å². The molecular formula is C57H42N2. The first-order valence-corrected chi connectivity index (χ1v) is 20.7. The number of allylic oxidation sites excluding steroid dienone is 4. The fraction of sp³-hybridized carbons (Fsp3) is 0.0526. The first-order chi connectivity index (χ1) is 29.2. The van der Waals surface area contributed by atoms with E-state index >= 15 is 0 Å². The van der Waals surface area contributed by atoms with E-state index in [1.54, 1.807) is 0 Å². The molecule has 10 aromatic rings. The molecule has 11 rings (SSSR count). The molecule has 2 heteroatoms. The summed E-state index contributed by atoms with van der Waals surface area (Å²) >= 11 is 0. The van der Waals surface area contributed by atoms with E-state index in [4.69, 9.17) is 0 Å². The fourth-order valence-electron chi connectivity index (χ4n) is 9.36. The predicted molar refractivity (Wildman–Crippen MR) is 252 cm³/mol. The number of hydrogen-bond acceptors (Lipinski definition) is 1. The lowest BCUT2D eigenvalue weighted by Gasteiger charge is -2.30. The Morgan fingerprint density at radius 2 is 1.08 bits per heavy atom. The van der Waals surface area contributed by atoms with Gasteiger partial charge in [0.2, 0.25) is 0 Å². The van der Waals surface area contributed by atoms with Crippen molar-refractivity contribution in [2.75, 3.05) is 4.90 Å². The standard InChI is InChI=1S/C57H42N2/c1-39-29-35-48(40-15-3-2-4-16-40)54(37-39)53-23-9-10-26-55(53)58(44-18-13-19-45(38-44)59-56-27-11-7-21-51(56)52-22-8-12-28-57(52)59)43-33-30-42(31-34-43)47-24-14-25-49-46-20-6-5-17-41(46)32-36-50(47)49/h2-28,30-39H,29H2,1H3. The maximum Gasteiger partial charge on any atom is 0.0541 e. The van der Waals surface area contributed by atoms with Crippen LogP contribution in [-0.4, -0.2) is 4.57 Å². The first kappa shape index (κ1) is 34.8. The van der Waals surface area contributed by atoms with Gasteiger partial charge < -0.3 is 9.47 Å². The number of rotatable bonds is 7. The Balaban J connectivity index is 1.10. The van der Waals surface area contributed by atoms with Crippen LogP contribution in [0.5, 0.6) is 0 Å². The third-order valence-electron chi connectivity index (χ3n) is 12.1. The molecule has 1 unspecified atom stereocenters. The zero-order valence-corrected chi connectivity index (χ0v) is 33.0. The van der Waals surface area contributed by atoms with Crippen LogP contribution in [0.4, 0.5) is 17.1 Å². The lowest BCUT2D eigenvalue weighted by molar-refractivity contribution is 0.742. The fourth-order valence-corrected chi connectivity index (χ4v) is 9.36. The average molecular weight is 755 g/mol. The highest BCUT2D eigenvalue weighted by atomic mass is 15.1. The van der Waals surface area contributed by atoms with Crippen LogP contribution >= 0.6 is 0 Å². The molecule has 0 saturated heterocycles.